The van der Waals surface area contributed by atoms with Crippen molar-refractivity contribution in [2.24, 2.45) is 0 Å². The van der Waals surface area contributed by atoms with Crippen LogP contribution < -0.4 is 5.32 Å². The van der Waals surface area contributed by atoms with E-state index < -0.39 is 11.8 Å². The zero-order valence-corrected chi connectivity index (χ0v) is 10.1. The molecular weight excluding hydrogens is 257 g/mol. The summed E-state index contributed by atoms with van der Waals surface area (Å²) in [6.07, 6.45) is 4.96. The molecule has 0 aliphatic heterocycles. The Hall–Kier alpha value is -2.00. The number of aromatic carboxylic acids is 1. The van der Waals surface area contributed by atoms with E-state index in [0.29, 0.717) is 0 Å². The predicted molar refractivity (Wildman–Crippen MR) is 65.9 cm³/mol. The maximum atomic E-state index is 13.4. The third-order valence-electron chi connectivity index (χ3n) is 1.92. The maximum Gasteiger partial charge on any atom is 0.335 e. The van der Waals surface area contributed by atoms with Crippen molar-refractivity contribution in [2.75, 3.05) is 12.3 Å². The van der Waals surface area contributed by atoms with Gasteiger partial charge in [0.05, 0.1) is 17.9 Å². The fraction of sp³-hybridized carbons (Fsp3) is 0.167. The molecule has 2 N–H and O–H groups in total. The zero-order valence-electron chi connectivity index (χ0n) is 9.27. The molecule has 1 aromatic carbocycles. The molecule has 1 aromatic rings. The molecule has 0 atom stereocenters. The molecule has 0 heterocycles. The lowest BCUT2D eigenvalue weighted by atomic mass is 10.2. The first-order chi connectivity index (χ1) is 8.54. The highest BCUT2D eigenvalue weighted by Crippen LogP contribution is 2.22. The van der Waals surface area contributed by atoms with Gasteiger partial charge in [-0.05, 0) is 18.2 Å². The molecule has 1 rings (SSSR count). The van der Waals surface area contributed by atoms with Crippen LogP contribution in [0.4, 0.5) is 4.39 Å². The van der Waals surface area contributed by atoms with Crippen molar-refractivity contribution < 1.29 is 19.1 Å². The average molecular weight is 267 g/mol. The van der Waals surface area contributed by atoms with Crippen LogP contribution in [0.15, 0.2) is 23.1 Å². The third kappa shape index (κ3) is 4.11. The van der Waals surface area contributed by atoms with Crippen molar-refractivity contribution in [1.29, 1.82) is 0 Å². The average Bonchev–Trinajstić information content (AvgIpc) is 2.35. The summed E-state index contributed by atoms with van der Waals surface area (Å²) in [5.41, 5.74) is -0.0251. The van der Waals surface area contributed by atoms with Gasteiger partial charge >= 0.3 is 5.97 Å². The number of amides is 1. The normalized spacial score (nSPS) is 9.56. The van der Waals surface area contributed by atoms with Crippen molar-refractivity contribution in [2.45, 2.75) is 4.90 Å². The largest absolute Gasteiger partial charge is 0.478 e. The summed E-state index contributed by atoms with van der Waals surface area (Å²) in [5.74, 6) is 0.173. The molecule has 0 saturated heterocycles. The molecule has 0 radical (unpaired) electrons. The highest BCUT2D eigenvalue weighted by molar-refractivity contribution is 8.00. The van der Waals surface area contributed by atoms with Crippen LogP contribution in [0.25, 0.3) is 0 Å². The minimum atomic E-state index is -1.14. The number of rotatable bonds is 5. The van der Waals surface area contributed by atoms with E-state index in [-0.39, 0.29) is 28.7 Å². The fourth-order valence-electron chi connectivity index (χ4n) is 1.09. The quantitative estimate of drug-likeness (QED) is 0.624. The summed E-state index contributed by atoms with van der Waals surface area (Å²) in [6, 6.07) is 3.42. The molecule has 1 amide bonds. The maximum absolute atomic E-state index is 13.4. The van der Waals surface area contributed by atoms with Gasteiger partial charge in [0.2, 0.25) is 5.91 Å². The van der Waals surface area contributed by atoms with E-state index in [4.69, 9.17) is 11.5 Å². The van der Waals surface area contributed by atoms with Crippen LogP contribution >= 0.6 is 11.8 Å². The van der Waals surface area contributed by atoms with Gasteiger partial charge in [0.25, 0.3) is 0 Å². The predicted octanol–water partition coefficient (Wildman–Crippen LogP) is 1.37. The lowest BCUT2D eigenvalue weighted by molar-refractivity contribution is -0.118. The Kier molecular flexibility index (Phi) is 5.21. The Labute approximate surface area is 108 Å². The Morgan fingerprint density at radius 1 is 1.50 bits per heavy atom. The smallest absolute Gasteiger partial charge is 0.335 e. The van der Waals surface area contributed by atoms with E-state index in [2.05, 4.69) is 11.2 Å². The summed E-state index contributed by atoms with van der Waals surface area (Å²) in [4.78, 5) is 22.1. The second kappa shape index (κ2) is 6.67. The molecular formula is C12H10FNO3S. The van der Waals surface area contributed by atoms with Gasteiger partial charge in [-0.25, -0.2) is 9.18 Å². The molecule has 0 unspecified atom stereocenters. The second-order valence-electron chi connectivity index (χ2n) is 3.22. The summed E-state index contributed by atoms with van der Waals surface area (Å²) in [5, 5.41) is 11.2. The number of hydrogen-bond acceptors (Lipinski definition) is 3. The van der Waals surface area contributed by atoms with Crippen LogP contribution in [-0.4, -0.2) is 29.3 Å². The van der Waals surface area contributed by atoms with Crippen molar-refractivity contribution in [3.63, 3.8) is 0 Å². The topological polar surface area (TPSA) is 66.4 Å². The van der Waals surface area contributed by atoms with Crippen molar-refractivity contribution in [3.05, 3.63) is 29.6 Å². The minimum absolute atomic E-state index is 0.0251. The number of terminal acetylenes is 1. The molecule has 4 nitrogen and oxygen atoms in total. The molecule has 0 saturated carbocycles. The highest BCUT2D eigenvalue weighted by atomic mass is 32.2. The van der Waals surface area contributed by atoms with E-state index in [9.17, 15) is 14.0 Å². The number of hydrogen-bond donors (Lipinski definition) is 2. The number of carbonyl (C=O) groups excluding carboxylic acids is 1. The van der Waals surface area contributed by atoms with E-state index >= 15 is 0 Å². The van der Waals surface area contributed by atoms with Gasteiger partial charge < -0.3 is 10.4 Å². The van der Waals surface area contributed by atoms with Gasteiger partial charge in [-0.1, -0.05) is 5.92 Å². The van der Waals surface area contributed by atoms with E-state index in [0.717, 1.165) is 17.8 Å². The van der Waals surface area contributed by atoms with Gasteiger partial charge in [0.1, 0.15) is 5.82 Å². The zero-order chi connectivity index (χ0) is 13.5. The molecule has 6 heteroatoms. The van der Waals surface area contributed by atoms with Crippen molar-refractivity contribution >= 4 is 23.6 Å². The summed E-state index contributed by atoms with van der Waals surface area (Å²) in [7, 11) is 0. The SMILES string of the molecule is C#CCNC(=O)CSc1cc(C(=O)O)ccc1F. The Bertz CT molecular complexity index is 511. The Morgan fingerprint density at radius 3 is 2.83 bits per heavy atom. The number of carbonyl (C=O) groups is 2. The fourth-order valence-corrected chi connectivity index (χ4v) is 1.90. The standard InChI is InChI=1S/C12H10FNO3S/c1-2-5-14-11(15)7-18-10-6-8(12(16)17)3-4-9(10)13/h1,3-4,6H,5,7H2,(H,14,15)(H,16,17). The molecule has 0 bridgehead atoms. The van der Waals surface area contributed by atoms with Crippen molar-refractivity contribution in [1.82, 2.24) is 5.32 Å². The number of halogens is 1. The van der Waals surface area contributed by atoms with Crippen LogP contribution in [0.1, 0.15) is 10.4 Å². The van der Waals surface area contributed by atoms with Gasteiger partial charge in [0.15, 0.2) is 0 Å². The Balaban J connectivity index is 2.67. The first-order valence-corrected chi connectivity index (χ1v) is 5.89. The first-order valence-electron chi connectivity index (χ1n) is 4.90. The minimum Gasteiger partial charge on any atom is -0.478 e. The number of thioether (sulfide) groups is 1. The molecule has 0 aliphatic rings. The lowest BCUT2D eigenvalue weighted by Crippen LogP contribution is -2.25. The molecule has 0 spiro atoms. The third-order valence-corrected chi connectivity index (χ3v) is 2.95. The monoisotopic (exact) mass is 267 g/mol. The van der Waals surface area contributed by atoms with Gasteiger partial charge in [-0.3, -0.25) is 4.79 Å². The van der Waals surface area contributed by atoms with Crippen molar-refractivity contribution in [3.8, 4) is 12.3 Å². The highest BCUT2D eigenvalue weighted by Gasteiger charge is 2.10. The van der Waals surface area contributed by atoms with Crippen LogP contribution in [0.5, 0.6) is 0 Å². The van der Waals surface area contributed by atoms with E-state index in [1.54, 1.807) is 0 Å². The molecule has 0 aromatic heterocycles. The molecule has 94 valence electrons. The Morgan fingerprint density at radius 2 is 2.22 bits per heavy atom. The summed E-state index contributed by atoms with van der Waals surface area (Å²) < 4.78 is 13.4. The number of carboxylic acids is 1. The van der Waals surface area contributed by atoms with Crippen LogP contribution in [0.2, 0.25) is 0 Å². The molecule has 18 heavy (non-hydrogen) atoms. The number of carboxylic acid groups (broad SMARTS) is 1. The number of nitrogens with one attached hydrogen (secondary N) is 1. The first kappa shape index (κ1) is 14.1. The molecule has 0 aliphatic carbocycles. The van der Waals surface area contributed by atoms with Crippen LogP contribution in [-0.2, 0) is 4.79 Å². The summed E-state index contributed by atoms with van der Waals surface area (Å²) >= 11 is 0.918. The van der Waals surface area contributed by atoms with Gasteiger partial charge in [-0.2, -0.15) is 0 Å². The lowest BCUT2D eigenvalue weighted by Gasteiger charge is -2.04. The van der Waals surface area contributed by atoms with Crippen LogP contribution in [0, 0.1) is 18.2 Å². The molecule has 0 fully saturated rings. The summed E-state index contributed by atoms with van der Waals surface area (Å²) in [6.45, 7) is 0.108. The van der Waals surface area contributed by atoms with E-state index in [1.807, 2.05) is 0 Å². The van der Waals surface area contributed by atoms with Gasteiger partial charge in [-0.15, -0.1) is 18.2 Å². The second-order valence-corrected chi connectivity index (χ2v) is 4.24. The number of benzene rings is 1. The van der Waals surface area contributed by atoms with Crippen LogP contribution in [0.3, 0.4) is 0 Å². The van der Waals surface area contributed by atoms with Gasteiger partial charge in [0, 0.05) is 4.90 Å². The van der Waals surface area contributed by atoms with E-state index in [1.165, 1.54) is 12.1 Å².